The van der Waals surface area contributed by atoms with Crippen LogP contribution in [-0.4, -0.2) is 0 Å². The number of aryl methyl sites for hydroxylation is 1. The van der Waals surface area contributed by atoms with Crippen molar-refractivity contribution in [2.24, 2.45) is 0 Å². The number of hydrogen-bond acceptors (Lipinski definition) is 2. The van der Waals surface area contributed by atoms with Gasteiger partial charge in [0.2, 0.25) is 0 Å². The Morgan fingerprint density at radius 3 is 2.61 bits per heavy atom. The van der Waals surface area contributed by atoms with Crippen molar-refractivity contribution in [2.75, 3.05) is 11.1 Å². The molecule has 0 aromatic heterocycles. The minimum atomic E-state index is -0.589. The van der Waals surface area contributed by atoms with Gasteiger partial charge in [0.1, 0.15) is 0 Å². The van der Waals surface area contributed by atoms with E-state index in [2.05, 4.69) is 5.32 Å². The topological polar surface area (TPSA) is 38.0 Å². The predicted octanol–water partition coefficient (Wildman–Crippen LogP) is 4.77. The highest BCUT2D eigenvalue weighted by atomic mass is 35.5. The van der Waals surface area contributed by atoms with Crippen molar-refractivity contribution >= 4 is 40.3 Å². The van der Waals surface area contributed by atoms with Crippen molar-refractivity contribution in [3.05, 3.63) is 51.8 Å². The van der Waals surface area contributed by atoms with Gasteiger partial charge in [0, 0.05) is 0 Å². The number of anilines is 3. The van der Waals surface area contributed by atoms with Gasteiger partial charge in [0.25, 0.3) is 0 Å². The van der Waals surface area contributed by atoms with Crippen molar-refractivity contribution in [1.29, 1.82) is 0 Å². The lowest BCUT2D eigenvalue weighted by Crippen LogP contribution is -2.00. The van der Waals surface area contributed by atoms with Gasteiger partial charge < -0.3 is 11.1 Å². The molecule has 0 amide bonds. The second-order valence-electron chi connectivity index (χ2n) is 3.89. The third-order valence-electron chi connectivity index (χ3n) is 2.58. The summed E-state index contributed by atoms with van der Waals surface area (Å²) in [4.78, 5) is 0. The maximum atomic E-state index is 13.9. The van der Waals surface area contributed by atoms with Gasteiger partial charge in [-0.15, -0.1) is 0 Å². The Kier molecular flexibility index (Phi) is 3.64. The minimum Gasteiger partial charge on any atom is -0.397 e. The standard InChI is InChI=1S/C13H11Cl2FN2/c1-7-3-2-4-10(11(7)15)18-13-9(17)6-5-8(14)12(13)16/h2-6,18H,17H2,1H3. The van der Waals surface area contributed by atoms with Crippen LogP contribution < -0.4 is 11.1 Å². The number of nitrogen functional groups attached to an aromatic ring is 1. The van der Waals surface area contributed by atoms with Gasteiger partial charge in [0.05, 0.1) is 27.1 Å². The first-order chi connectivity index (χ1) is 8.50. The van der Waals surface area contributed by atoms with E-state index >= 15 is 0 Å². The molecule has 0 aliphatic carbocycles. The lowest BCUT2D eigenvalue weighted by atomic mass is 10.2. The molecule has 0 fully saturated rings. The zero-order valence-corrected chi connectivity index (χ0v) is 11.1. The maximum Gasteiger partial charge on any atom is 0.167 e. The first-order valence-corrected chi connectivity index (χ1v) is 6.02. The van der Waals surface area contributed by atoms with Crippen molar-refractivity contribution in [1.82, 2.24) is 0 Å². The van der Waals surface area contributed by atoms with Crippen molar-refractivity contribution in [3.8, 4) is 0 Å². The molecule has 3 N–H and O–H groups in total. The van der Waals surface area contributed by atoms with Gasteiger partial charge in [-0.05, 0) is 30.7 Å². The van der Waals surface area contributed by atoms with Crippen molar-refractivity contribution in [3.63, 3.8) is 0 Å². The number of nitrogens with two attached hydrogens (primary N) is 1. The Morgan fingerprint density at radius 2 is 1.89 bits per heavy atom. The van der Waals surface area contributed by atoms with Crippen LogP contribution in [-0.2, 0) is 0 Å². The fourth-order valence-electron chi connectivity index (χ4n) is 1.57. The van der Waals surface area contributed by atoms with E-state index in [1.165, 1.54) is 12.1 Å². The first-order valence-electron chi connectivity index (χ1n) is 5.26. The quantitative estimate of drug-likeness (QED) is 0.780. The number of hydrogen-bond donors (Lipinski definition) is 2. The lowest BCUT2D eigenvalue weighted by molar-refractivity contribution is 0.633. The molecule has 2 aromatic carbocycles. The molecule has 2 nitrogen and oxygen atoms in total. The van der Waals surface area contributed by atoms with E-state index in [0.29, 0.717) is 10.7 Å². The second-order valence-corrected chi connectivity index (χ2v) is 4.67. The highest BCUT2D eigenvalue weighted by Crippen LogP contribution is 2.34. The van der Waals surface area contributed by atoms with Crippen LogP contribution in [0.25, 0.3) is 0 Å². The number of halogens is 3. The Balaban J connectivity index is 2.46. The summed E-state index contributed by atoms with van der Waals surface area (Å²) in [6.45, 7) is 1.87. The third kappa shape index (κ3) is 2.37. The van der Waals surface area contributed by atoms with E-state index in [1.54, 1.807) is 6.07 Å². The Labute approximate surface area is 115 Å². The molecule has 0 unspecified atom stereocenters. The molecule has 0 saturated carbocycles. The summed E-state index contributed by atoms with van der Waals surface area (Å²) in [7, 11) is 0. The third-order valence-corrected chi connectivity index (χ3v) is 3.37. The zero-order chi connectivity index (χ0) is 13.3. The molecule has 2 aromatic rings. The summed E-state index contributed by atoms with van der Waals surface area (Å²) < 4.78 is 13.9. The van der Waals surface area contributed by atoms with Gasteiger partial charge in [-0.3, -0.25) is 0 Å². The van der Waals surface area contributed by atoms with Crippen molar-refractivity contribution in [2.45, 2.75) is 6.92 Å². The average molecular weight is 285 g/mol. The van der Waals surface area contributed by atoms with Crippen molar-refractivity contribution < 1.29 is 4.39 Å². The normalized spacial score (nSPS) is 10.4. The molecular formula is C13H11Cl2FN2. The van der Waals surface area contributed by atoms with Crippen LogP contribution in [0.4, 0.5) is 21.5 Å². The molecule has 0 spiro atoms. The molecule has 0 bridgehead atoms. The summed E-state index contributed by atoms with van der Waals surface area (Å²) >= 11 is 11.8. The predicted molar refractivity (Wildman–Crippen MR) is 75.3 cm³/mol. The zero-order valence-electron chi connectivity index (χ0n) is 9.60. The van der Waals surface area contributed by atoms with E-state index in [1.807, 2.05) is 19.1 Å². The molecule has 0 aliphatic heterocycles. The number of benzene rings is 2. The molecular weight excluding hydrogens is 274 g/mol. The fourth-order valence-corrected chi connectivity index (χ4v) is 1.90. The van der Waals surface area contributed by atoms with E-state index in [0.717, 1.165) is 5.56 Å². The SMILES string of the molecule is Cc1cccc(Nc2c(N)ccc(Cl)c2F)c1Cl. The largest absolute Gasteiger partial charge is 0.397 e. The molecule has 18 heavy (non-hydrogen) atoms. The van der Waals surface area contributed by atoms with E-state index < -0.39 is 5.82 Å². The Bertz CT molecular complexity index is 600. The summed E-state index contributed by atoms with van der Waals surface area (Å²) in [5, 5.41) is 3.41. The molecule has 94 valence electrons. The van der Waals surface area contributed by atoms with E-state index in [9.17, 15) is 4.39 Å². The average Bonchev–Trinajstić information content (AvgIpc) is 2.35. The molecule has 0 saturated heterocycles. The molecule has 0 aliphatic rings. The van der Waals surface area contributed by atoms with E-state index in [4.69, 9.17) is 28.9 Å². The fraction of sp³-hybridized carbons (Fsp3) is 0.0769. The Morgan fingerprint density at radius 1 is 1.17 bits per heavy atom. The number of rotatable bonds is 2. The van der Waals surface area contributed by atoms with Gasteiger partial charge >= 0.3 is 0 Å². The van der Waals surface area contributed by atoms with Crippen LogP contribution in [0.3, 0.4) is 0 Å². The highest BCUT2D eigenvalue weighted by Gasteiger charge is 2.12. The van der Waals surface area contributed by atoms with E-state index in [-0.39, 0.29) is 16.4 Å². The summed E-state index contributed by atoms with van der Waals surface area (Å²) in [6, 6.07) is 8.38. The van der Waals surface area contributed by atoms with Crippen LogP contribution in [0.2, 0.25) is 10.0 Å². The summed E-state index contributed by atoms with van der Waals surface area (Å²) in [6.07, 6.45) is 0. The van der Waals surface area contributed by atoms with Gasteiger partial charge in [-0.25, -0.2) is 4.39 Å². The molecule has 5 heteroatoms. The van der Waals surface area contributed by atoms with Crippen LogP contribution in [0.1, 0.15) is 5.56 Å². The maximum absolute atomic E-state index is 13.9. The second kappa shape index (κ2) is 5.04. The van der Waals surface area contributed by atoms with Gasteiger partial charge in [0.15, 0.2) is 5.82 Å². The van der Waals surface area contributed by atoms with Crippen LogP contribution in [0, 0.1) is 12.7 Å². The van der Waals surface area contributed by atoms with Gasteiger partial charge in [-0.1, -0.05) is 35.3 Å². The Hall–Kier alpha value is -1.45. The summed E-state index contributed by atoms with van der Waals surface area (Å²) in [5.41, 5.74) is 7.61. The summed E-state index contributed by atoms with van der Waals surface area (Å²) in [5.74, 6) is -0.589. The lowest BCUT2D eigenvalue weighted by Gasteiger charge is -2.13. The monoisotopic (exact) mass is 284 g/mol. The minimum absolute atomic E-state index is 0.00970. The smallest absolute Gasteiger partial charge is 0.167 e. The van der Waals surface area contributed by atoms with Crippen LogP contribution >= 0.6 is 23.2 Å². The highest BCUT2D eigenvalue weighted by molar-refractivity contribution is 6.34. The number of nitrogens with one attached hydrogen (secondary N) is 1. The first kappa shape index (κ1) is 13.0. The molecule has 0 atom stereocenters. The molecule has 0 heterocycles. The molecule has 2 rings (SSSR count). The van der Waals surface area contributed by atoms with Gasteiger partial charge in [-0.2, -0.15) is 0 Å². The van der Waals surface area contributed by atoms with Crippen LogP contribution in [0.5, 0.6) is 0 Å². The molecule has 0 radical (unpaired) electrons. The van der Waals surface area contributed by atoms with Crippen LogP contribution in [0.15, 0.2) is 30.3 Å².